The third-order valence-electron chi connectivity index (χ3n) is 2.91. The second-order valence-corrected chi connectivity index (χ2v) is 9.23. The molecule has 0 atom stereocenters. The average Bonchev–Trinajstić information content (AvgIpc) is 2.77. The zero-order valence-corrected chi connectivity index (χ0v) is 14.4. The minimum absolute atomic E-state index is 0.00932. The van der Waals surface area contributed by atoms with E-state index in [0.717, 1.165) is 17.5 Å². The average molecular weight is 334 g/mol. The van der Waals surface area contributed by atoms with Crippen LogP contribution in [-0.2, 0) is 26.6 Å². The fourth-order valence-corrected chi connectivity index (χ4v) is 3.04. The lowest BCUT2D eigenvalue weighted by molar-refractivity contribution is -0.133. The van der Waals surface area contributed by atoms with Gasteiger partial charge in [-0.2, -0.15) is 5.10 Å². The van der Waals surface area contributed by atoms with E-state index >= 15 is 0 Å². The number of carbonyl (C=O) groups is 1. The first-order valence-electron chi connectivity index (χ1n) is 6.68. The van der Waals surface area contributed by atoms with Gasteiger partial charge in [-0.25, -0.2) is 8.42 Å². The summed E-state index contributed by atoms with van der Waals surface area (Å²) in [6.07, 6.45) is 0. The number of carboxylic acids is 1. The summed E-state index contributed by atoms with van der Waals surface area (Å²) in [5.41, 5.74) is 0.650. The zero-order chi connectivity index (χ0) is 16.3. The maximum Gasteiger partial charge on any atom is 0.313 e. The van der Waals surface area contributed by atoms with Crippen molar-refractivity contribution in [2.24, 2.45) is 0 Å². The van der Waals surface area contributed by atoms with Gasteiger partial charge >= 0.3 is 5.97 Å². The molecule has 0 aliphatic carbocycles. The molecule has 0 unspecified atom stereocenters. The Bertz CT molecular complexity index is 600. The molecule has 0 saturated heterocycles. The summed E-state index contributed by atoms with van der Waals surface area (Å²) in [5, 5.41) is 13.9. The molecule has 0 fully saturated rings. The Hall–Kier alpha value is -1.02. The minimum Gasteiger partial charge on any atom is -0.481 e. The highest BCUT2D eigenvalue weighted by molar-refractivity contribution is 7.99. The molecule has 8 heteroatoms. The Morgan fingerprint density at radius 3 is 2.52 bits per heavy atom. The van der Waals surface area contributed by atoms with E-state index in [9.17, 15) is 13.2 Å². The number of hydrogen-bond donors (Lipinski definition) is 1. The van der Waals surface area contributed by atoms with Crippen LogP contribution in [0.3, 0.4) is 0 Å². The molecule has 1 aromatic heterocycles. The first-order chi connectivity index (χ1) is 9.55. The summed E-state index contributed by atoms with van der Waals surface area (Å²) >= 11 is 1.16. The molecule has 0 bridgehead atoms. The van der Waals surface area contributed by atoms with Crippen molar-refractivity contribution in [2.45, 2.75) is 44.7 Å². The summed E-state index contributed by atoms with van der Waals surface area (Å²) in [7, 11) is -3.08. The van der Waals surface area contributed by atoms with Crippen molar-refractivity contribution in [2.75, 3.05) is 17.3 Å². The fraction of sp³-hybridized carbons (Fsp3) is 0.692. The zero-order valence-electron chi connectivity index (χ0n) is 12.8. The molecule has 0 radical (unpaired) electrons. The van der Waals surface area contributed by atoms with Gasteiger partial charge in [-0.1, -0.05) is 39.5 Å². The molecule has 0 amide bonds. The minimum atomic E-state index is -3.08. The van der Waals surface area contributed by atoms with Crippen molar-refractivity contribution in [3.63, 3.8) is 0 Å². The third kappa shape index (κ3) is 5.70. The molecule has 0 aromatic carbocycles. The van der Waals surface area contributed by atoms with Crippen LogP contribution in [0.2, 0.25) is 0 Å². The van der Waals surface area contributed by atoms with Crippen LogP contribution in [0.25, 0.3) is 0 Å². The van der Waals surface area contributed by atoms with E-state index in [-0.39, 0.29) is 29.2 Å². The SMILES string of the molecule is CCS(=O)(=O)CCn1nc(C(C)(C)C)cc1SCC(=O)O. The highest BCUT2D eigenvalue weighted by atomic mass is 32.2. The maximum atomic E-state index is 11.6. The van der Waals surface area contributed by atoms with E-state index in [1.54, 1.807) is 11.6 Å². The van der Waals surface area contributed by atoms with E-state index in [2.05, 4.69) is 5.10 Å². The number of nitrogens with zero attached hydrogens (tertiary/aromatic N) is 2. The molecule has 1 aromatic rings. The number of carboxylic acid groups (broad SMARTS) is 1. The van der Waals surface area contributed by atoms with Crippen LogP contribution in [0.4, 0.5) is 0 Å². The molecule has 21 heavy (non-hydrogen) atoms. The van der Waals surface area contributed by atoms with Gasteiger partial charge in [0.05, 0.1) is 28.8 Å². The second kappa shape index (κ2) is 6.83. The number of thioether (sulfide) groups is 1. The summed E-state index contributed by atoms with van der Waals surface area (Å²) in [6.45, 7) is 7.88. The van der Waals surface area contributed by atoms with Crippen molar-refractivity contribution in [3.05, 3.63) is 11.8 Å². The Balaban J connectivity index is 2.98. The van der Waals surface area contributed by atoms with Crippen LogP contribution in [0.5, 0.6) is 0 Å². The summed E-state index contributed by atoms with van der Waals surface area (Å²) in [4.78, 5) is 10.7. The monoisotopic (exact) mass is 334 g/mol. The molecule has 1 rings (SSSR count). The van der Waals surface area contributed by atoms with E-state index in [4.69, 9.17) is 5.11 Å². The number of aryl methyl sites for hydroxylation is 1. The van der Waals surface area contributed by atoms with Gasteiger partial charge in [-0.05, 0) is 6.07 Å². The largest absolute Gasteiger partial charge is 0.481 e. The quantitative estimate of drug-likeness (QED) is 0.765. The van der Waals surface area contributed by atoms with Crippen molar-refractivity contribution >= 4 is 27.6 Å². The van der Waals surface area contributed by atoms with E-state index in [1.165, 1.54) is 0 Å². The molecule has 0 aliphatic heterocycles. The highest BCUT2D eigenvalue weighted by Crippen LogP contribution is 2.26. The number of aliphatic carboxylic acids is 1. The van der Waals surface area contributed by atoms with Crippen LogP contribution >= 0.6 is 11.8 Å². The predicted molar refractivity (Wildman–Crippen MR) is 83.6 cm³/mol. The lowest BCUT2D eigenvalue weighted by atomic mass is 9.93. The van der Waals surface area contributed by atoms with E-state index in [0.29, 0.717) is 5.03 Å². The van der Waals surface area contributed by atoms with Crippen LogP contribution in [0, 0.1) is 0 Å². The van der Waals surface area contributed by atoms with Gasteiger partial charge in [0.15, 0.2) is 9.84 Å². The lowest BCUT2D eigenvalue weighted by Crippen LogP contribution is -2.17. The Morgan fingerprint density at radius 2 is 2.05 bits per heavy atom. The first kappa shape index (κ1) is 18.0. The maximum absolute atomic E-state index is 11.6. The van der Waals surface area contributed by atoms with Gasteiger partial charge in [0.25, 0.3) is 0 Å². The molecule has 6 nitrogen and oxygen atoms in total. The number of rotatable bonds is 7. The van der Waals surface area contributed by atoms with Gasteiger partial charge in [0.2, 0.25) is 0 Å². The molecule has 1 heterocycles. The normalized spacial score (nSPS) is 12.6. The van der Waals surface area contributed by atoms with Gasteiger partial charge in [0.1, 0.15) is 0 Å². The van der Waals surface area contributed by atoms with Gasteiger partial charge < -0.3 is 5.11 Å². The van der Waals surface area contributed by atoms with E-state index < -0.39 is 15.8 Å². The summed E-state index contributed by atoms with van der Waals surface area (Å²) in [6, 6.07) is 1.84. The summed E-state index contributed by atoms with van der Waals surface area (Å²) in [5.74, 6) is -0.880. The van der Waals surface area contributed by atoms with Crippen molar-refractivity contribution in [3.8, 4) is 0 Å². The van der Waals surface area contributed by atoms with E-state index in [1.807, 2.05) is 26.8 Å². The first-order valence-corrected chi connectivity index (χ1v) is 9.49. The molecule has 0 aliphatic rings. The molecule has 0 spiro atoms. The third-order valence-corrected chi connectivity index (χ3v) is 5.61. The predicted octanol–water partition coefficient (Wildman–Crippen LogP) is 1.79. The van der Waals surface area contributed by atoms with Crippen LogP contribution in [0.1, 0.15) is 33.4 Å². The summed E-state index contributed by atoms with van der Waals surface area (Å²) < 4.78 is 24.8. The molecular formula is C13H22N2O4S2. The molecular weight excluding hydrogens is 312 g/mol. The van der Waals surface area contributed by atoms with Crippen LogP contribution in [0.15, 0.2) is 11.1 Å². The van der Waals surface area contributed by atoms with Crippen molar-refractivity contribution in [1.29, 1.82) is 0 Å². The lowest BCUT2D eigenvalue weighted by Gasteiger charge is -2.14. The van der Waals surface area contributed by atoms with Gasteiger partial charge in [0, 0.05) is 11.2 Å². The number of sulfone groups is 1. The Morgan fingerprint density at radius 1 is 1.43 bits per heavy atom. The topological polar surface area (TPSA) is 89.3 Å². The Labute approximate surface area is 129 Å². The fourth-order valence-electron chi connectivity index (χ4n) is 1.55. The molecule has 1 N–H and O–H groups in total. The number of aromatic nitrogens is 2. The second-order valence-electron chi connectivity index (χ2n) is 5.76. The standard InChI is InChI=1S/C13H22N2O4S2/c1-5-21(18,19)7-6-15-11(20-9-12(16)17)8-10(14-15)13(2,3)4/h8H,5-7,9H2,1-4H3,(H,16,17). The van der Waals surface area contributed by atoms with Crippen LogP contribution in [-0.4, -0.2) is 46.5 Å². The molecule has 120 valence electrons. The van der Waals surface area contributed by atoms with Crippen molar-refractivity contribution < 1.29 is 18.3 Å². The molecule has 0 saturated carbocycles. The number of hydrogen-bond acceptors (Lipinski definition) is 5. The Kier molecular flexibility index (Phi) is 5.86. The highest BCUT2D eigenvalue weighted by Gasteiger charge is 2.21. The van der Waals surface area contributed by atoms with Gasteiger partial charge in [-0.15, -0.1) is 0 Å². The smallest absolute Gasteiger partial charge is 0.313 e. The van der Waals surface area contributed by atoms with Crippen molar-refractivity contribution in [1.82, 2.24) is 9.78 Å². The van der Waals surface area contributed by atoms with Crippen LogP contribution < -0.4 is 0 Å². The van der Waals surface area contributed by atoms with Gasteiger partial charge in [-0.3, -0.25) is 9.48 Å².